The van der Waals surface area contributed by atoms with E-state index in [2.05, 4.69) is 24.3 Å². The van der Waals surface area contributed by atoms with Crippen LogP contribution in [-0.2, 0) is 4.57 Å². The van der Waals surface area contributed by atoms with E-state index in [-0.39, 0.29) is 5.75 Å². The monoisotopic (exact) mass is 434 g/mol. The van der Waals surface area contributed by atoms with Gasteiger partial charge in [-0.25, -0.2) is 0 Å². The van der Waals surface area contributed by atoms with Crippen molar-refractivity contribution in [3.05, 3.63) is 139 Å². The van der Waals surface area contributed by atoms with E-state index >= 15 is 4.57 Å². The van der Waals surface area contributed by atoms with Crippen molar-refractivity contribution in [3.8, 4) is 5.75 Å². The standard InChI is InChI=1S/C29H23O2P/c30-28-18-10-9-17-27(28)29(24-20-19-22-11-7-8-12-23(22)21-24)32(31,25-13-3-1-4-14-25)26-15-5-2-6-16-26/h1-21,29-30H. The second-order valence-corrected chi connectivity index (χ2v) is 10.8. The lowest BCUT2D eigenvalue weighted by Gasteiger charge is -2.30. The van der Waals surface area contributed by atoms with Crippen molar-refractivity contribution < 1.29 is 9.67 Å². The first-order valence-corrected chi connectivity index (χ1v) is 12.4. The van der Waals surface area contributed by atoms with Gasteiger partial charge < -0.3 is 9.67 Å². The van der Waals surface area contributed by atoms with Gasteiger partial charge in [-0.2, -0.15) is 0 Å². The largest absolute Gasteiger partial charge is 0.508 e. The van der Waals surface area contributed by atoms with E-state index in [1.165, 1.54) is 0 Å². The zero-order valence-electron chi connectivity index (χ0n) is 17.5. The Morgan fingerprint density at radius 1 is 0.562 bits per heavy atom. The average molecular weight is 434 g/mol. The minimum absolute atomic E-state index is 0.151. The molecule has 32 heavy (non-hydrogen) atoms. The van der Waals surface area contributed by atoms with Gasteiger partial charge in [-0.3, -0.25) is 0 Å². The van der Waals surface area contributed by atoms with E-state index < -0.39 is 12.8 Å². The molecule has 5 rings (SSSR count). The Morgan fingerprint density at radius 3 is 1.72 bits per heavy atom. The molecule has 0 bridgehead atoms. The van der Waals surface area contributed by atoms with Gasteiger partial charge in [0.15, 0.2) is 7.14 Å². The molecule has 2 nitrogen and oxygen atoms in total. The van der Waals surface area contributed by atoms with Crippen LogP contribution >= 0.6 is 7.14 Å². The van der Waals surface area contributed by atoms with Gasteiger partial charge in [0.2, 0.25) is 0 Å². The maximum absolute atomic E-state index is 15.3. The number of aromatic hydroxyl groups is 1. The molecule has 0 aromatic heterocycles. The van der Waals surface area contributed by atoms with Crippen molar-refractivity contribution in [2.24, 2.45) is 0 Å². The van der Waals surface area contributed by atoms with Gasteiger partial charge in [0, 0.05) is 16.2 Å². The number of rotatable bonds is 5. The Bertz CT molecular complexity index is 1370. The van der Waals surface area contributed by atoms with Crippen LogP contribution in [-0.4, -0.2) is 5.11 Å². The number of phenolic OH excluding ortho intramolecular Hbond substituents is 1. The summed E-state index contributed by atoms with van der Waals surface area (Å²) in [5.74, 6) is 0.151. The van der Waals surface area contributed by atoms with E-state index in [1.807, 2.05) is 91.0 Å². The van der Waals surface area contributed by atoms with Gasteiger partial charge in [0.25, 0.3) is 0 Å². The van der Waals surface area contributed by atoms with E-state index in [0.717, 1.165) is 26.9 Å². The quantitative estimate of drug-likeness (QED) is 0.315. The Balaban J connectivity index is 1.85. The molecule has 0 amide bonds. The molecule has 0 saturated heterocycles. The van der Waals surface area contributed by atoms with Crippen LogP contribution in [0.25, 0.3) is 10.8 Å². The smallest absolute Gasteiger partial charge is 0.154 e. The first kappa shape index (κ1) is 20.3. The second-order valence-electron chi connectivity index (χ2n) is 7.90. The fourth-order valence-corrected chi connectivity index (χ4v) is 7.74. The highest BCUT2D eigenvalue weighted by molar-refractivity contribution is 7.79. The van der Waals surface area contributed by atoms with Crippen molar-refractivity contribution >= 4 is 28.5 Å². The molecule has 0 saturated carbocycles. The van der Waals surface area contributed by atoms with E-state index in [9.17, 15) is 5.11 Å². The number of hydrogen-bond donors (Lipinski definition) is 1. The van der Waals surface area contributed by atoms with Crippen LogP contribution in [0.15, 0.2) is 127 Å². The van der Waals surface area contributed by atoms with Gasteiger partial charge in [0.05, 0.1) is 5.66 Å². The fourth-order valence-electron chi connectivity index (χ4n) is 4.43. The van der Waals surface area contributed by atoms with Crippen LogP contribution in [0.4, 0.5) is 0 Å². The lowest BCUT2D eigenvalue weighted by atomic mass is 10.00. The summed E-state index contributed by atoms with van der Waals surface area (Å²) in [6, 6.07) is 40.9. The maximum atomic E-state index is 15.3. The first-order chi connectivity index (χ1) is 15.7. The Labute approximate surface area is 188 Å². The summed E-state index contributed by atoms with van der Waals surface area (Å²) in [6.45, 7) is 0. The van der Waals surface area contributed by atoms with Crippen molar-refractivity contribution in [2.45, 2.75) is 5.66 Å². The number of para-hydroxylation sites is 1. The molecule has 0 aliphatic rings. The minimum Gasteiger partial charge on any atom is -0.508 e. The van der Waals surface area contributed by atoms with Gasteiger partial charge in [-0.15, -0.1) is 0 Å². The van der Waals surface area contributed by atoms with Crippen molar-refractivity contribution in [1.29, 1.82) is 0 Å². The topological polar surface area (TPSA) is 37.3 Å². The number of phenols is 1. The van der Waals surface area contributed by atoms with E-state index in [4.69, 9.17) is 0 Å². The normalized spacial score (nSPS) is 12.5. The predicted octanol–water partition coefficient (Wildman–Crippen LogP) is 6.65. The van der Waals surface area contributed by atoms with Crippen LogP contribution in [0, 0.1) is 0 Å². The summed E-state index contributed by atoms with van der Waals surface area (Å²) in [4.78, 5) is 0. The molecule has 156 valence electrons. The highest BCUT2D eigenvalue weighted by atomic mass is 31.2. The third-order valence-electron chi connectivity index (χ3n) is 5.96. The van der Waals surface area contributed by atoms with Gasteiger partial charge in [0.1, 0.15) is 5.75 Å². The first-order valence-electron chi connectivity index (χ1n) is 10.7. The fraction of sp³-hybridized carbons (Fsp3) is 0.0345. The average Bonchev–Trinajstić information content (AvgIpc) is 2.86. The Hall–Kier alpha value is -3.61. The summed E-state index contributed by atoms with van der Waals surface area (Å²) < 4.78 is 15.3. The maximum Gasteiger partial charge on any atom is 0.154 e. The molecular formula is C29H23O2P. The van der Waals surface area contributed by atoms with Gasteiger partial charge in [-0.1, -0.05) is 121 Å². The third-order valence-corrected chi connectivity index (χ3v) is 9.40. The number of hydrogen-bond acceptors (Lipinski definition) is 2. The molecule has 5 aromatic rings. The highest BCUT2D eigenvalue weighted by Gasteiger charge is 2.40. The SMILES string of the molecule is O=P(c1ccccc1)(c1ccccc1)C(c1ccc2ccccc2c1)c1ccccc1O. The number of benzene rings is 5. The molecule has 5 aromatic carbocycles. The van der Waals surface area contributed by atoms with Crippen molar-refractivity contribution in [3.63, 3.8) is 0 Å². The predicted molar refractivity (Wildman–Crippen MR) is 134 cm³/mol. The summed E-state index contributed by atoms with van der Waals surface area (Å²) >= 11 is 0. The van der Waals surface area contributed by atoms with E-state index in [1.54, 1.807) is 12.1 Å². The van der Waals surface area contributed by atoms with E-state index in [0.29, 0.717) is 5.56 Å². The van der Waals surface area contributed by atoms with Crippen LogP contribution in [0.3, 0.4) is 0 Å². The van der Waals surface area contributed by atoms with Crippen LogP contribution in [0.1, 0.15) is 16.8 Å². The van der Waals surface area contributed by atoms with Gasteiger partial charge >= 0.3 is 0 Å². The van der Waals surface area contributed by atoms with Gasteiger partial charge in [-0.05, 0) is 22.4 Å². The Kier molecular flexibility index (Phi) is 5.39. The van der Waals surface area contributed by atoms with Crippen LogP contribution in [0.2, 0.25) is 0 Å². The van der Waals surface area contributed by atoms with Crippen LogP contribution in [0.5, 0.6) is 5.75 Å². The summed E-state index contributed by atoms with van der Waals surface area (Å²) in [5, 5.41) is 14.6. The molecule has 0 aliphatic carbocycles. The second kappa shape index (κ2) is 8.49. The van der Waals surface area contributed by atoms with Crippen molar-refractivity contribution in [1.82, 2.24) is 0 Å². The summed E-state index contributed by atoms with van der Waals surface area (Å²) in [6.07, 6.45) is 0. The molecule has 1 atom stereocenters. The summed E-state index contributed by atoms with van der Waals surface area (Å²) in [7, 11) is -3.24. The lowest BCUT2D eigenvalue weighted by Crippen LogP contribution is -2.22. The van der Waals surface area contributed by atoms with Crippen molar-refractivity contribution in [2.75, 3.05) is 0 Å². The molecular weight excluding hydrogens is 411 g/mol. The molecule has 0 heterocycles. The Morgan fingerprint density at radius 2 is 1.09 bits per heavy atom. The molecule has 3 heteroatoms. The molecule has 1 N–H and O–H groups in total. The highest BCUT2D eigenvalue weighted by Crippen LogP contribution is 2.61. The molecule has 1 unspecified atom stereocenters. The molecule has 0 spiro atoms. The third kappa shape index (κ3) is 3.53. The number of fused-ring (bicyclic) bond motifs is 1. The molecule has 0 aliphatic heterocycles. The molecule has 0 radical (unpaired) electrons. The van der Waals surface area contributed by atoms with Crippen LogP contribution < -0.4 is 10.6 Å². The summed E-state index contributed by atoms with van der Waals surface area (Å²) in [5.41, 5.74) is 1.05. The minimum atomic E-state index is -3.24. The lowest BCUT2D eigenvalue weighted by molar-refractivity contribution is 0.468. The zero-order valence-corrected chi connectivity index (χ0v) is 18.4. The zero-order chi connectivity index (χ0) is 22.0. The molecule has 0 fully saturated rings.